The van der Waals surface area contributed by atoms with Gasteiger partial charge in [-0.3, -0.25) is 9.59 Å². The number of rotatable bonds is 10. The van der Waals surface area contributed by atoms with E-state index < -0.39 is 24.2 Å². The van der Waals surface area contributed by atoms with E-state index in [-0.39, 0.29) is 41.9 Å². The first-order valence-corrected chi connectivity index (χ1v) is 18.2. The molecule has 0 radical (unpaired) electrons. The number of amides is 1. The Kier molecular flexibility index (Phi) is 9.71. The third-order valence-corrected chi connectivity index (χ3v) is 12.2. The number of benzene rings is 1. The predicted molar refractivity (Wildman–Crippen MR) is 175 cm³/mol. The Labute approximate surface area is 273 Å². The number of hydrogen-bond acceptors (Lipinski definition) is 7. The maximum absolute atomic E-state index is 16.3. The lowest BCUT2D eigenvalue weighted by atomic mass is 9.65. The zero-order valence-corrected chi connectivity index (χ0v) is 27.7. The van der Waals surface area contributed by atoms with E-state index in [1.54, 1.807) is 7.11 Å². The third-order valence-electron chi connectivity index (χ3n) is 12.2. The quantitative estimate of drug-likeness (QED) is 0.373. The van der Waals surface area contributed by atoms with Crippen molar-refractivity contribution >= 4 is 11.7 Å². The van der Waals surface area contributed by atoms with E-state index in [0.717, 1.165) is 56.6 Å². The first-order chi connectivity index (χ1) is 22.4. The summed E-state index contributed by atoms with van der Waals surface area (Å²) in [7, 11) is 1.70. The van der Waals surface area contributed by atoms with Gasteiger partial charge in [0.1, 0.15) is 11.9 Å². The summed E-state index contributed by atoms with van der Waals surface area (Å²) in [6.45, 7) is 6.16. The molecule has 3 heterocycles. The van der Waals surface area contributed by atoms with Gasteiger partial charge >= 0.3 is 0 Å². The molecule has 9 heteroatoms. The number of methoxy groups -OCH3 is 1. The molecule has 2 N–H and O–H groups in total. The van der Waals surface area contributed by atoms with Crippen LogP contribution in [0.2, 0.25) is 0 Å². The highest BCUT2D eigenvalue weighted by Gasteiger charge is 2.59. The van der Waals surface area contributed by atoms with Crippen molar-refractivity contribution < 1.29 is 23.5 Å². The summed E-state index contributed by atoms with van der Waals surface area (Å²) in [6.07, 6.45) is 11.3. The van der Waals surface area contributed by atoms with Crippen LogP contribution in [0.25, 0.3) is 0 Å². The van der Waals surface area contributed by atoms with Crippen molar-refractivity contribution in [2.75, 3.05) is 39.8 Å². The fourth-order valence-electron chi connectivity index (χ4n) is 9.74. The number of likely N-dealkylation sites (tertiary alicyclic amines) is 1. The van der Waals surface area contributed by atoms with Crippen LogP contribution in [0, 0.1) is 17.8 Å². The molecule has 9 atom stereocenters. The van der Waals surface area contributed by atoms with Gasteiger partial charge in [0, 0.05) is 25.2 Å². The third kappa shape index (κ3) is 6.24. The summed E-state index contributed by atoms with van der Waals surface area (Å²) in [6, 6.07) is 5.66. The summed E-state index contributed by atoms with van der Waals surface area (Å²) in [4.78, 5) is 32.2. The van der Waals surface area contributed by atoms with Crippen molar-refractivity contribution in [1.82, 2.24) is 20.4 Å². The van der Waals surface area contributed by atoms with Gasteiger partial charge in [-0.1, -0.05) is 44.7 Å². The number of nitrogens with zero attached hydrogens (tertiary/aromatic N) is 2. The number of nitrogens with one attached hydrogen (secondary N) is 2. The molecule has 3 aliphatic carbocycles. The molecule has 46 heavy (non-hydrogen) atoms. The molecular formula is C37H53FN4O4. The number of alkyl halides is 1. The first-order valence-electron chi connectivity index (χ1n) is 18.2. The number of halogens is 1. The number of carbonyl (C=O) groups excluding carboxylic acids is 2. The number of Topliss-reactive ketones (excluding diaryl/α,β-unsaturated/α-hetero) is 1. The molecule has 5 fully saturated rings. The average molecular weight is 637 g/mol. The van der Waals surface area contributed by atoms with Crippen LogP contribution in [-0.4, -0.2) is 97.8 Å². The number of aryl methyl sites for hydroxylation is 1. The number of ether oxygens (including phenoxy) is 2. The summed E-state index contributed by atoms with van der Waals surface area (Å²) >= 11 is 0. The Morgan fingerprint density at radius 2 is 1.85 bits per heavy atom. The lowest BCUT2D eigenvalue weighted by molar-refractivity contribution is -0.208. The highest BCUT2D eigenvalue weighted by molar-refractivity contribution is 6.20. The molecule has 0 bridgehead atoms. The smallest absolute Gasteiger partial charge is 0.256 e. The standard InChI is InChI=1S/C37H53FN4O4/c1-3-24-11-10-23(18-31(24)45-2)12-13-39-33-29(38)21-27-34-36(33)46-32-20-26-9-5-4-8-25(26)19-30(32)42(34)22-28(35(27)43)37(44)40-14-17-41-15-6-7-16-41/h10-11,18,22,25-27,29-30,32-34,36,39H,3-9,12-17,19-21H2,1-2H3,(H,40,44). The van der Waals surface area contributed by atoms with E-state index in [9.17, 15) is 9.59 Å². The molecule has 8 nitrogen and oxygen atoms in total. The first kappa shape index (κ1) is 32.1. The molecule has 3 saturated carbocycles. The van der Waals surface area contributed by atoms with Crippen LogP contribution in [-0.2, 0) is 27.2 Å². The zero-order chi connectivity index (χ0) is 31.8. The van der Waals surface area contributed by atoms with Gasteiger partial charge in [0.15, 0.2) is 5.78 Å². The second kappa shape index (κ2) is 13.9. The highest BCUT2D eigenvalue weighted by Crippen LogP contribution is 2.50. The second-order valence-electron chi connectivity index (χ2n) is 14.7. The van der Waals surface area contributed by atoms with Crippen LogP contribution in [0.1, 0.15) is 75.8 Å². The molecule has 0 aromatic heterocycles. The molecule has 7 rings (SSSR count). The lowest BCUT2D eigenvalue weighted by Gasteiger charge is -2.61. The Bertz CT molecular complexity index is 1300. The number of ketones is 1. The monoisotopic (exact) mass is 636 g/mol. The van der Waals surface area contributed by atoms with E-state index in [4.69, 9.17) is 9.47 Å². The Hall–Kier alpha value is -2.49. The predicted octanol–water partition coefficient (Wildman–Crippen LogP) is 4.20. The van der Waals surface area contributed by atoms with Gasteiger partial charge in [0.25, 0.3) is 5.91 Å². The molecule has 1 aromatic rings. The molecular weight excluding hydrogens is 583 g/mol. The maximum atomic E-state index is 16.3. The number of hydrogen-bond donors (Lipinski definition) is 2. The van der Waals surface area contributed by atoms with Crippen molar-refractivity contribution in [3.05, 3.63) is 41.1 Å². The van der Waals surface area contributed by atoms with E-state index in [1.165, 1.54) is 44.1 Å². The molecule has 3 aliphatic heterocycles. The molecule has 252 valence electrons. The molecule has 1 amide bonds. The fraction of sp³-hybridized carbons (Fsp3) is 0.730. The number of carbonyl (C=O) groups is 2. The summed E-state index contributed by atoms with van der Waals surface area (Å²) < 4.78 is 28.8. The van der Waals surface area contributed by atoms with Crippen molar-refractivity contribution in [3.63, 3.8) is 0 Å². The normalized spacial score (nSPS) is 35.5. The minimum atomic E-state index is -1.24. The Balaban J connectivity index is 1.11. The molecule has 0 spiro atoms. The van der Waals surface area contributed by atoms with Crippen LogP contribution in [0.5, 0.6) is 5.75 Å². The minimum Gasteiger partial charge on any atom is -0.496 e. The minimum absolute atomic E-state index is 0.0226. The fourth-order valence-corrected chi connectivity index (χ4v) is 9.74. The van der Waals surface area contributed by atoms with E-state index in [2.05, 4.69) is 45.6 Å². The van der Waals surface area contributed by atoms with Gasteiger partial charge in [0.05, 0.1) is 43.0 Å². The van der Waals surface area contributed by atoms with Gasteiger partial charge < -0.3 is 29.9 Å². The maximum Gasteiger partial charge on any atom is 0.256 e. The van der Waals surface area contributed by atoms with Gasteiger partial charge in [-0.2, -0.15) is 0 Å². The van der Waals surface area contributed by atoms with Crippen molar-refractivity contribution in [1.29, 1.82) is 0 Å². The van der Waals surface area contributed by atoms with Crippen LogP contribution in [0.3, 0.4) is 0 Å². The zero-order valence-electron chi connectivity index (χ0n) is 27.7. The Morgan fingerprint density at radius 1 is 1.07 bits per heavy atom. The second-order valence-corrected chi connectivity index (χ2v) is 14.7. The summed E-state index contributed by atoms with van der Waals surface area (Å²) in [5, 5.41) is 6.58. The van der Waals surface area contributed by atoms with E-state index >= 15 is 4.39 Å². The Morgan fingerprint density at radius 3 is 2.61 bits per heavy atom. The van der Waals surface area contributed by atoms with Crippen molar-refractivity contribution in [3.8, 4) is 5.75 Å². The van der Waals surface area contributed by atoms with Gasteiger partial charge in [-0.05, 0) is 93.6 Å². The van der Waals surface area contributed by atoms with Gasteiger partial charge in [0.2, 0.25) is 0 Å². The van der Waals surface area contributed by atoms with Crippen LogP contribution in [0.4, 0.5) is 4.39 Å². The molecule has 1 aromatic carbocycles. The van der Waals surface area contributed by atoms with Crippen LogP contribution in [0.15, 0.2) is 30.0 Å². The summed E-state index contributed by atoms with van der Waals surface area (Å²) in [5.74, 6) is 1.07. The summed E-state index contributed by atoms with van der Waals surface area (Å²) in [5.41, 5.74) is 2.52. The van der Waals surface area contributed by atoms with E-state index in [0.29, 0.717) is 24.9 Å². The lowest BCUT2D eigenvalue weighted by Crippen LogP contribution is -2.73. The van der Waals surface area contributed by atoms with Gasteiger partial charge in [-0.15, -0.1) is 0 Å². The molecule has 2 saturated heterocycles. The van der Waals surface area contributed by atoms with Gasteiger partial charge in [-0.25, -0.2) is 4.39 Å². The molecule has 6 aliphatic rings. The van der Waals surface area contributed by atoms with E-state index in [1.807, 2.05) is 6.20 Å². The SMILES string of the molecule is CCc1ccc(CCNC2C(F)CC3C(=O)C(C(=O)NCCN4CCCC4)=CN4C5CC6CCCCC6CC5OC2C34)cc1OC. The largest absolute Gasteiger partial charge is 0.496 e. The number of morpholine rings is 1. The molecule has 9 unspecified atom stereocenters. The highest BCUT2D eigenvalue weighted by atomic mass is 19.1. The van der Waals surface area contributed by atoms with Crippen molar-refractivity contribution in [2.45, 2.75) is 114 Å². The van der Waals surface area contributed by atoms with Crippen LogP contribution < -0.4 is 15.4 Å². The average Bonchev–Trinajstić information content (AvgIpc) is 3.59. The van der Waals surface area contributed by atoms with Crippen molar-refractivity contribution in [2.24, 2.45) is 17.8 Å². The van der Waals surface area contributed by atoms with Crippen LogP contribution >= 0.6 is 0 Å². The number of fused-ring (bicyclic) bond motifs is 3. The topological polar surface area (TPSA) is 83.1 Å².